The summed E-state index contributed by atoms with van der Waals surface area (Å²) in [4.78, 5) is 4.02. The molecule has 0 saturated carbocycles. The van der Waals surface area contributed by atoms with Crippen LogP contribution in [-0.2, 0) is 0 Å². The number of aromatic nitrogens is 1. The predicted molar refractivity (Wildman–Crippen MR) is 59.2 cm³/mol. The van der Waals surface area contributed by atoms with Crippen LogP contribution >= 0.6 is 22.9 Å². The molecule has 0 fully saturated rings. The van der Waals surface area contributed by atoms with Gasteiger partial charge in [-0.1, -0.05) is 11.6 Å². The first-order chi connectivity index (χ1) is 7.96. The van der Waals surface area contributed by atoms with Gasteiger partial charge in [-0.25, -0.2) is 4.98 Å². The smallest absolute Gasteiger partial charge is 0.406 e. The van der Waals surface area contributed by atoms with Crippen molar-refractivity contribution >= 4 is 22.9 Å². The second kappa shape index (κ2) is 4.54. The van der Waals surface area contributed by atoms with Crippen molar-refractivity contribution in [3.63, 3.8) is 0 Å². The Morgan fingerprint density at radius 1 is 1.29 bits per heavy atom. The number of benzene rings is 1. The maximum atomic E-state index is 12.0. The van der Waals surface area contributed by atoms with Crippen molar-refractivity contribution in [3.05, 3.63) is 34.8 Å². The van der Waals surface area contributed by atoms with Crippen LogP contribution in [0.1, 0.15) is 0 Å². The monoisotopic (exact) mass is 279 g/mol. The van der Waals surface area contributed by atoms with E-state index in [2.05, 4.69) is 9.72 Å². The van der Waals surface area contributed by atoms with E-state index in [1.165, 1.54) is 23.5 Å². The Morgan fingerprint density at radius 2 is 2.06 bits per heavy atom. The average molecular weight is 280 g/mol. The Bertz CT molecular complexity index is 513. The fourth-order valence-corrected chi connectivity index (χ4v) is 2.22. The van der Waals surface area contributed by atoms with Crippen molar-refractivity contribution in [1.82, 2.24) is 4.98 Å². The summed E-state index contributed by atoms with van der Waals surface area (Å²) in [5.41, 5.74) is 0.580. The highest BCUT2D eigenvalue weighted by atomic mass is 35.5. The Morgan fingerprint density at radius 3 is 2.59 bits per heavy atom. The van der Waals surface area contributed by atoms with Gasteiger partial charge in [0.05, 0.1) is 5.02 Å². The minimum atomic E-state index is -4.72. The highest BCUT2D eigenvalue weighted by molar-refractivity contribution is 7.13. The molecule has 0 bridgehead atoms. The highest BCUT2D eigenvalue weighted by Gasteiger charge is 2.31. The van der Waals surface area contributed by atoms with Crippen LogP contribution in [0.25, 0.3) is 10.6 Å². The molecule has 1 aromatic heterocycles. The second-order valence-electron chi connectivity index (χ2n) is 3.03. The number of halogens is 4. The van der Waals surface area contributed by atoms with E-state index in [1.54, 1.807) is 11.6 Å². The third kappa shape index (κ3) is 3.10. The molecule has 0 radical (unpaired) electrons. The zero-order valence-electron chi connectivity index (χ0n) is 8.16. The molecule has 0 spiro atoms. The lowest BCUT2D eigenvalue weighted by atomic mass is 10.2. The summed E-state index contributed by atoms with van der Waals surface area (Å²) < 4.78 is 39.7. The Labute approximate surface area is 104 Å². The molecule has 0 aliphatic heterocycles. The topological polar surface area (TPSA) is 22.1 Å². The van der Waals surface area contributed by atoms with Crippen LogP contribution in [0.5, 0.6) is 5.75 Å². The third-order valence-electron chi connectivity index (χ3n) is 1.84. The number of ether oxygens (including phenoxy) is 1. The van der Waals surface area contributed by atoms with Crippen LogP contribution < -0.4 is 4.74 Å². The summed E-state index contributed by atoms with van der Waals surface area (Å²) in [5.74, 6) is -0.345. The number of nitrogens with zero attached hydrogens (tertiary/aromatic N) is 1. The lowest BCUT2D eigenvalue weighted by molar-refractivity contribution is -0.274. The standard InChI is InChI=1S/C10H5ClF3NOS/c11-8-5-6(16-10(12,13)14)1-2-7(8)9-15-3-4-17-9/h1-5H. The fourth-order valence-electron chi connectivity index (χ4n) is 1.22. The normalized spacial score (nSPS) is 11.5. The molecular weight excluding hydrogens is 275 g/mol. The summed E-state index contributed by atoms with van der Waals surface area (Å²) in [7, 11) is 0. The Hall–Kier alpha value is -1.27. The molecular formula is C10H5ClF3NOS. The molecule has 2 rings (SSSR count). The van der Waals surface area contributed by atoms with Gasteiger partial charge >= 0.3 is 6.36 Å². The fraction of sp³-hybridized carbons (Fsp3) is 0.100. The Balaban J connectivity index is 2.30. The molecule has 2 nitrogen and oxygen atoms in total. The van der Waals surface area contributed by atoms with Gasteiger partial charge in [-0.3, -0.25) is 0 Å². The van der Waals surface area contributed by atoms with E-state index < -0.39 is 6.36 Å². The van der Waals surface area contributed by atoms with Crippen molar-refractivity contribution in [2.45, 2.75) is 6.36 Å². The number of rotatable bonds is 2. The molecule has 0 aliphatic carbocycles. The molecule has 17 heavy (non-hydrogen) atoms. The number of alkyl halides is 3. The lowest BCUT2D eigenvalue weighted by Gasteiger charge is -2.09. The summed E-state index contributed by atoms with van der Waals surface area (Å²) in [6.07, 6.45) is -3.12. The predicted octanol–water partition coefficient (Wildman–Crippen LogP) is 4.36. The number of thiazole rings is 1. The minimum Gasteiger partial charge on any atom is -0.406 e. The SMILES string of the molecule is FC(F)(F)Oc1ccc(-c2nccs2)c(Cl)c1. The molecule has 0 aliphatic rings. The first-order valence-electron chi connectivity index (χ1n) is 4.41. The summed E-state index contributed by atoms with van der Waals surface area (Å²) in [6.45, 7) is 0. The molecule has 0 atom stereocenters. The van der Waals surface area contributed by atoms with Crippen molar-refractivity contribution in [3.8, 4) is 16.3 Å². The van der Waals surface area contributed by atoms with E-state index in [1.807, 2.05) is 0 Å². The molecule has 0 N–H and O–H groups in total. The maximum absolute atomic E-state index is 12.0. The van der Waals surface area contributed by atoms with Gasteiger partial charge < -0.3 is 4.74 Å². The van der Waals surface area contributed by atoms with Crippen molar-refractivity contribution < 1.29 is 17.9 Å². The minimum absolute atomic E-state index is 0.168. The van der Waals surface area contributed by atoms with Gasteiger partial charge in [0.25, 0.3) is 0 Å². The first kappa shape index (κ1) is 12.2. The van der Waals surface area contributed by atoms with Gasteiger partial charge in [0.1, 0.15) is 10.8 Å². The quantitative estimate of drug-likeness (QED) is 0.815. The van der Waals surface area contributed by atoms with Gasteiger partial charge in [0.15, 0.2) is 0 Å². The van der Waals surface area contributed by atoms with Crippen LogP contribution in [0, 0.1) is 0 Å². The molecule has 7 heteroatoms. The second-order valence-corrected chi connectivity index (χ2v) is 4.33. The van der Waals surface area contributed by atoms with Crippen molar-refractivity contribution in [1.29, 1.82) is 0 Å². The van der Waals surface area contributed by atoms with E-state index in [-0.39, 0.29) is 10.8 Å². The van der Waals surface area contributed by atoms with Gasteiger partial charge in [-0.05, 0) is 18.2 Å². The number of hydrogen-bond acceptors (Lipinski definition) is 3. The van der Waals surface area contributed by atoms with Crippen LogP contribution in [0.15, 0.2) is 29.8 Å². The molecule has 1 heterocycles. The van der Waals surface area contributed by atoms with E-state index in [9.17, 15) is 13.2 Å². The average Bonchev–Trinajstić information content (AvgIpc) is 2.68. The molecule has 0 unspecified atom stereocenters. The largest absolute Gasteiger partial charge is 0.573 e. The number of hydrogen-bond donors (Lipinski definition) is 0. The lowest BCUT2D eigenvalue weighted by Crippen LogP contribution is -2.17. The Kier molecular flexibility index (Phi) is 3.26. The van der Waals surface area contributed by atoms with Crippen LogP contribution in [0.4, 0.5) is 13.2 Å². The summed E-state index contributed by atoms with van der Waals surface area (Å²) in [5, 5.41) is 2.57. The first-order valence-corrected chi connectivity index (χ1v) is 5.66. The molecule has 2 aromatic rings. The highest BCUT2D eigenvalue weighted by Crippen LogP contribution is 2.33. The van der Waals surface area contributed by atoms with Gasteiger partial charge in [-0.15, -0.1) is 24.5 Å². The maximum Gasteiger partial charge on any atom is 0.573 e. The summed E-state index contributed by atoms with van der Waals surface area (Å²) >= 11 is 7.22. The van der Waals surface area contributed by atoms with E-state index in [0.29, 0.717) is 10.6 Å². The zero-order valence-corrected chi connectivity index (χ0v) is 9.73. The zero-order chi connectivity index (χ0) is 12.5. The van der Waals surface area contributed by atoms with Gasteiger partial charge in [0.2, 0.25) is 0 Å². The van der Waals surface area contributed by atoms with Crippen molar-refractivity contribution in [2.75, 3.05) is 0 Å². The van der Waals surface area contributed by atoms with Gasteiger partial charge in [-0.2, -0.15) is 0 Å². The van der Waals surface area contributed by atoms with Gasteiger partial charge in [0, 0.05) is 17.1 Å². The van der Waals surface area contributed by atoms with E-state index >= 15 is 0 Å². The molecule has 0 saturated heterocycles. The summed E-state index contributed by atoms with van der Waals surface area (Å²) in [6, 6.07) is 3.77. The molecule has 1 aromatic carbocycles. The van der Waals surface area contributed by atoms with E-state index in [4.69, 9.17) is 11.6 Å². The van der Waals surface area contributed by atoms with Crippen molar-refractivity contribution in [2.24, 2.45) is 0 Å². The van der Waals surface area contributed by atoms with Crippen LogP contribution in [0.2, 0.25) is 5.02 Å². The van der Waals surface area contributed by atoms with Crippen LogP contribution in [-0.4, -0.2) is 11.3 Å². The van der Waals surface area contributed by atoms with E-state index in [0.717, 1.165) is 6.07 Å². The van der Waals surface area contributed by atoms with Crippen LogP contribution in [0.3, 0.4) is 0 Å². The molecule has 90 valence electrons. The molecule has 0 amide bonds. The third-order valence-corrected chi connectivity index (χ3v) is 2.96.